The smallest absolute Gasteiger partial charge is 0.172 e. The molecule has 3 heterocycles. The molecule has 0 aliphatic carbocycles. The molecule has 0 saturated carbocycles. The van der Waals surface area contributed by atoms with Crippen molar-refractivity contribution < 1.29 is 4.52 Å². The van der Waals surface area contributed by atoms with Crippen LogP contribution in [-0.2, 0) is 19.5 Å². The highest BCUT2D eigenvalue weighted by Gasteiger charge is 2.22. The standard InChI is InChI=1S/C29H34N4O/c1-32(2)21-27-25(23-8-4-3-5-9-23)12-13-26-28(31-34-29(26)27)14-11-22-15-18-33(19-16-22)20-24-10-6-7-17-30-24/h3-10,12-13,17,22H,11,14-16,18-21H2,1-2H3. The van der Waals surface area contributed by atoms with Crippen molar-refractivity contribution in [2.75, 3.05) is 27.2 Å². The Balaban J connectivity index is 1.26. The van der Waals surface area contributed by atoms with Gasteiger partial charge < -0.3 is 9.42 Å². The molecule has 176 valence electrons. The molecule has 2 aromatic heterocycles. The molecule has 1 saturated heterocycles. The number of benzene rings is 2. The molecule has 0 bridgehead atoms. The topological polar surface area (TPSA) is 45.4 Å². The first-order valence-corrected chi connectivity index (χ1v) is 12.4. The fourth-order valence-electron chi connectivity index (χ4n) is 5.15. The van der Waals surface area contributed by atoms with E-state index in [0.717, 1.165) is 49.8 Å². The molecule has 0 atom stereocenters. The number of piperidine rings is 1. The number of hydrogen-bond donors (Lipinski definition) is 0. The third-order valence-electron chi connectivity index (χ3n) is 6.99. The van der Waals surface area contributed by atoms with Gasteiger partial charge in [0.1, 0.15) is 0 Å². The predicted octanol–water partition coefficient (Wildman–Crippen LogP) is 5.80. The van der Waals surface area contributed by atoms with Crippen molar-refractivity contribution in [1.29, 1.82) is 0 Å². The van der Waals surface area contributed by atoms with E-state index >= 15 is 0 Å². The van der Waals surface area contributed by atoms with Gasteiger partial charge in [-0.25, -0.2) is 0 Å². The Morgan fingerprint density at radius 1 is 0.971 bits per heavy atom. The van der Waals surface area contributed by atoms with E-state index < -0.39 is 0 Å². The van der Waals surface area contributed by atoms with Crippen LogP contribution in [0.4, 0.5) is 0 Å². The molecular formula is C29H34N4O. The van der Waals surface area contributed by atoms with Crippen molar-refractivity contribution in [3.63, 3.8) is 0 Å². The van der Waals surface area contributed by atoms with Gasteiger partial charge in [0.2, 0.25) is 0 Å². The van der Waals surface area contributed by atoms with Crippen LogP contribution in [0.5, 0.6) is 0 Å². The van der Waals surface area contributed by atoms with Gasteiger partial charge in [-0.3, -0.25) is 9.88 Å². The van der Waals surface area contributed by atoms with Gasteiger partial charge in [0, 0.05) is 30.2 Å². The lowest BCUT2D eigenvalue weighted by Gasteiger charge is -2.31. The Labute approximate surface area is 202 Å². The summed E-state index contributed by atoms with van der Waals surface area (Å²) in [5.41, 5.74) is 6.87. The number of nitrogens with zero attached hydrogens (tertiary/aromatic N) is 4. The quantitative estimate of drug-likeness (QED) is 0.337. The van der Waals surface area contributed by atoms with Gasteiger partial charge in [0.25, 0.3) is 0 Å². The third-order valence-corrected chi connectivity index (χ3v) is 6.99. The van der Waals surface area contributed by atoms with Gasteiger partial charge in [-0.15, -0.1) is 0 Å². The van der Waals surface area contributed by atoms with E-state index in [4.69, 9.17) is 4.52 Å². The maximum atomic E-state index is 5.97. The normalized spacial score (nSPS) is 15.4. The highest BCUT2D eigenvalue weighted by Crippen LogP contribution is 2.34. The lowest BCUT2D eigenvalue weighted by molar-refractivity contribution is 0.170. The van der Waals surface area contributed by atoms with Crippen molar-refractivity contribution in [2.45, 2.75) is 38.8 Å². The van der Waals surface area contributed by atoms with Crippen LogP contribution >= 0.6 is 0 Å². The van der Waals surface area contributed by atoms with Crippen LogP contribution in [0.2, 0.25) is 0 Å². The van der Waals surface area contributed by atoms with Crippen LogP contribution in [0.1, 0.15) is 36.2 Å². The van der Waals surface area contributed by atoms with Crippen LogP contribution in [-0.4, -0.2) is 47.1 Å². The molecule has 0 unspecified atom stereocenters. The van der Waals surface area contributed by atoms with Gasteiger partial charge >= 0.3 is 0 Å². The third kappa shape index (κ3) is 5.21. The number of pyridine rings is 1. The summed E-state index contributed by atoms with van der Waals surface area (Å²) in [7, 11) is 4.20. The molecule has 0 N–H and O–H groups in total. The van der Waals surface area contributed by atoms with E-state index in [1.807, 2.05) is 12.3 Å². The largest absolute Gasteiger partial charge is 0.356 e. The fraction of sp³-hybridized carbons (Fsp3) is 0.379. The lowest BCUT2D eigenvalue weighted by Crippen LogP contribution is -2.33. The van der Waals surface area contributed by atoms with Crippen molar-refractivity contribution in [3.05, 3.63) is 83.8 Å². The second-order valence-corrected chi connectivity index (χ2v) is 9.78. The number of likely N-dealkylation sites (tertiary alicyclic amines) is 1. The maximum absolute atomic E-state index is 5.97. The molecule has 1 aliphatic rings. The number of aryl methyl sites for hydroxylation is 1. The molecule has 34 heavy (non-hydrogen) atoms. The molecule has 1 fully saturated rings. The molecule has 1 aliphatic heterocycles. The van der Waals surface area contributed by atoms with Gasteiger partial charge in [-0.05, 0) is 88.1 Å². The van der Waals surface area contributed by atoms with Crippen molar-refractivity contribution in [1.82, 2.24) is 19.9 Å². The molecule has 0 radical (unpaired) electrons. The SMILES string of the molecule is CN(C)Cc1c(-c2ccccc2)ccc2c(CCC3CCN(Cc4ccccn4)CC3)noc12. The average molecular weight is 455 g/mol. The van der Waals surface area contributed by atoms with E-state index in [1.54, 1.807) is 0 Å². The van der Waals surface area contributed by atoms with Crippen LogP contribution in [0.3, 0.4) is 0 Å². The molecule has 2 aromatic carbocycles. The minimum Gasteiger partial charge on any atom is -0.356 e. The maximum Gasteiger partial charge on any atom is 0.172 e. The zero-order chi connectivity index (χ0) is 23.3. The summed E-state index contributed by atoms with van der Waals surface area (Å²) in [4.78, 5) is 9.21. The average Bonchev–Trinajstić information content (AvgIpc) is 3.28. The molecule has 5 rings (SSSR count). The van der Waals surface area contributed by atoms with Gasteiger partial charge in [-0.1, -0.05) is 47.6 Å². The summed E-state index contributed by atoms with van der Waals surface area (Å²) in [5.74, 6) is 0.747. The Morgan fingerprint density at radius 3 is 2.50 bits per heavy atom. The van der Waals surface area contributed by atoms with Crippen LogP contribution in [0.15, 0.2) is 71.4 Å². The van der Waals surface area contributed by atoms with Crippen LogP contribution in [0.25, 0.3) is 22.1 Å². The highest BCUT2D eigenvalue weighted by molar-refractivity contribution is 5.89. The van der Waals surface area contributed by atoms with E-state index in [2.05, 4.69) is 88.6 Å². The number of aromatic nitrogens is 2. The van der Waals surface area contributed by atoms with Crippen molar-refractivity contribution >= 4 is 11.0 Å². The summed E-state index contributed by atoms with van der Waals surface area (Å²) in [6.07, 6.45) is 6.52. The Hall–Kier alpha value is -3.02. The lowest BCUT2D eigenvalue weighted by atomic mass is 9.90. The minimum atomic E-state index is 0.747. The Kier molecular flexibility index (Phi) is 7.02. The summed E-state index contributed by atoms with van der Waals surface area (Å²) < 4.78 is 5.97. The molecule has 0 amide bonds. The summed E-state index contributed by atoms with van der Waals surface area (Å²) >= 11 is 0. The molecule has 0 spiro atoms. The van der Waals surface area contributed by atoms with E-state index in [0.29, 0.717) is 0 Å². The van der Waals surface area contributed by atoms with Crippen LogP contribution < -0.4 is 0 Å². The molecule has 5 nitrogen and oxygen atoms in total. The fourth-order valence-corrected chi connectivity index (χ4v) is 5.15. The van der Waals surface area contributed by atoms with Crippen LogP contribution in [0, 0.1) is 5.92 Å². The van der Waals surface area contributed by atoms with Crippen molar-refractivity contribution in [3.8, 4) is 11.1 Å². The minimum absolute atomic E-state index is 0.747. The monoisotopic (exact) mass is 454 g/mol. The number of hydrogen-bond acceptors (Lipinski definition) is 5. The first-order valence-electron chi connectivity index (χ1n) is 12.4. The summed E-state index contributed by atoms with van der Waals surface area (Å²) in [5, 5.41) is 5.71. The summed E-state index contributed by atoms with van der Waals surface area (Å²) in [6.45, 7) is 4.08. The van der Waals surface area contributed by atoms with E-state index in [1.165, 1.54) is 47.0 Å². The summed E-state index contributed by atoms with van der Waals surface area (Å²) in [6, 6.07) is 21.2. The first kappa shape index (κ1) is 22.8. The van der Waals surface area contributed by atoms with Gasteiger partial charge in [0.15, 0.2) is 5.58 Å². The number of rotatable bonds is 8. The highest BCUT2D eigenvalue weighted by atomic mass is 16.5. The molecule has 5 heteroatoms. The predicted molar refractivity (Wildman–Crippen MR) is 137 cm³/mol. The molecular weight excluding hydrogens is 420 g/mol. The molecule has 4 aromatic rings. The van der Waals surface area contributed by atoms with Gasteiger partial charge in [-0.2, -0.15) is 0 Å². The van der Waals surface area contributed by atoms with E-state index in [-0.39, 0.29) is 0 Å². The van der Waals surface area contributed by atoms with Crippen molar-refractivity contribution in [2.24, 2.45) is 5.92 Å². The zero-order valence-electron chi connectivity index (χ0n) is 20.3. The van der Waals surface area contributed by atoms with Gasteiger partial charge in [0.05, 0.1) is 11.4 Å². The second-order valence-electron chi connectivity index (χ2n) is 9.78. The first-order chi connectivity index (χ1) is 16.7. The zero-order valence-corrected chi connectivity index (χ0v) is 20.3. The van der Waals surface area contributed by atoms with E-state index in [9.17, 15) is 0 Å². The number of fused-ring (bicyclic) bond motifs is 1. The second kappa shape index (κ2) is 10.5. The Bertz CT molecular complexity index is 1200. The Morgan fingerprint density at radius 2 is 1.76 bits per heavy atom.